The van der Waals surface area contributed by atoms with Gasteiger partial charge in [0.05, 0.1) is 0 Å². The minimum Gasteiger partial charge on any atom is -0.389 e. The van der Waals surface area contributed by atoms with Gasteiger partial charge >= 0.3 is 0 Å². The molecule has 0 aromatic heterocycles. The van der Waals surface area contributed by atoms with E-state index < -0.39 is 0 Å². The number of likely N-dealkylation sites (tertiary alicyclic amines) is 1. The average molecular weight is 342 g/mol. The Balaban J connectivity index is 2.05. The lowest BCUT2D eigenvalue weighted by Crippen LogP contribution is -2.42. The number of hydrogen-bond acceptors (Lipinski definition) is 3. The van der Waals surface area contributed by atoms with Crippen LogP contribution in [0.25, 0.3) is 0 Å². The largest absolute Gasteiger partial charge is 0.389 e. The molecule has 1 heterocycles. The van der Waals surface area contributed by atoms with Gasteiger partial charge in [0.15, 0.2) is 0 Å². The third-order valence-corrected chi connectivity index (χ3v) is 4.71. The first-order valence-electron chi connectivity index (χ1n) is 6.53. The molecule has 2 rings (SSSR count). The summed E-state index contributed by atoms with van der Waals surface area (Å²) < 4.78 is 1.02. The molecule has 1 saturated heterocycles. The summed E-state index contributed by atoms with van der Waals surface area (Å²) in [5, 5.41) is 3.61. The Kier molecular flexibility index (Phi) is 4.81. The first-order chi connectivity index (χ1) is 8.97. The van der Waals surface area contributed by atoms with Crippen LogP contribution in [0.4, 0.5) is 5.69 Å². The molecule has 3 nitrogen and oxygen atoms in total. The molecule has 0 bridgehead atoms. The molecular formula is C14H20BrN3S. The van der Waals surface area contributed by atoms with E-state index in [0.29, 0.717) is 17.1 Å². The highest BCUT2D eigenvalue weighted by atomic mass is 79.9. The second-order valence-electron chi connectivity index (χ2n) is 5.25. The lowest BCUT2D eigenvalue weighted by atomic mass is 9.98. The van der Waals surface area contributed by atoms with Crippen molar-refractivity contribution >= 4 is 38.8 Å². The van der Waals surface area contributed by atoms with Crippen LogP contribution in [0, 0.1) is 0 Å². The van der Waals surface area contributed by atoms with Crippen molar-refractivity contribution in [3.05, 3.63) is 28.2 Å². The van der Waals surface area contributed by atoms with Crippen LogP contribution in [-0.2, 0) is 0 Å². The molecule has 2 unspecified atom stereocenters. The highest BCUT2D eigenvalue weighted by molar-refractivity contribution is 9.10. The molecule has 104 valence electrons. The zero-order valence-corrected chi connectivity index (χ0v) is 13.7. The van der Waals surface area contributed by atoms with E-state index in [1.54, 1.807) is 0 Å². The molecule has 0 saturated carbocycles. The maximum atomic E-state index is 5.64. The van der Waals surface area contributed by atoms with Crippen molar-refractivity contribution in [3.8, 4) is 0 Å². The molecule has 1 aliphatic rings. The fourth-order valence-electron chi connectivity index (χ4n) is 2.43. The third kappa shape index (κ3) is 3.68. The zero-order chi connectivity index (χ0) is 14.0. The normalized spacial score (nSPS) is 24.2. The van der Waals surface area contributed by atoms with E-state index in [4.69, 9.17) is 18.0 Å². The van der Waals surface area contributed by atoms with E-state index >= 15 is 0 Å². The van der Waals surface area contributed by atoms with E-state index in [1.165, 1.54) is 12.8 Å². The Morgan fingerprint density at radius 3 is 2.84 bits per heavy atom. The van der Waals surface area contributed by atoms with Crippen LogP contribution >= 0.6 is 28.1 Å². The molecule has 0 aliphatic carbocycles. The number of piperidine rings is 1. The molecule has 0 spiro atoms. The molecular weight excluding hydrogens is 322 g/mol. The van der Waals surface area contributed by atoms with Crippen molar-refractivity contribution in [2.24, 2.45) is 5.73 Å². The van der Waals surface area contributed by atoms with Crippen molar-refractivity contribution in [2.45, 2.75) is 31.8 Å². The minimum absolute atomic E-state index is 0.431. The molecule has 0 amide bonds. The fraction of sp³-hybridized carbons (Fsp3) is 0.500. The van der Waals surface area contributed by atoms with Gasteiger partial charge in [-0.1, -0.05) is 12.2 Å². The summed E-state index contributed by atoms with van der Waals surface area (Å²) in [7, 11) is 2.19. The summed E-state index contributed by atoms with van der Waals surface area (Å²) in [6, 6.07) is 7.14. The number of thiocarbonyl (C=S) groups is 1. The zero-order valence-electron chi connectivity index (χ0n) is 11.3. The minimum atomic E-state index is 0.431. The summed E-state index contributed by atoms with van der Waals surface area (Å²) in [5.41, 5.74) is 7.64. The topological polar surface area (TPSA) is 41.3 Å². The van der Waals surface area contributed by atoms with Crippen LogP contribution in [0.5, 0.6) is 0 Å². The van der Waals surface area contributed by atoms with E-state index in [1.807, 2.05) is 18.2 Å². The number of nitrogens with zero attached hydrogens (tertiary/aromatic N) is 1. The average Bonchev–Trinajstić information content (AvgIpc) is 2.36. The van der Waals surface area contributed by atoms with Crippen LogP contribution in [0.1, 0.15) is 25.3 Å². The maximum Gasteiger partial charge on any atom is 0.104 e. The van der Waals surface area contributed by atoms with Gasteiger partial charge in [-0.3, -0.25) is 0 Å². The summed E-state index contributed by atoms with van der Waals surface area (Å²) in [6.07, 6.45) is 2.34. The smallest absolute Gasteiger partial charge is 0.104 e. The number of anilines is 1. The number of halogens is 1. The van der Waals surface area contributed by atoms with Gasteiger partial charge in [0.25, 0.3) is 0 Å². The standard InChI is InChI=1S/C14H20BrN3S/c1-9-7-11(5-6-18(9)2)17-13-4-3-10(14(16)19)8-12(13)15/h3-4,8-9,11,17H,5-7H2,1-2H3,(H2,16,19). The first kappa shape index (κ1) is 14.8. The van der Waals surface area contributed by atoms with Gasteiger partial charge in [0.1, 0.15) is 4.99 Å². The Bertz CT molecular complexity index is 478. The molecule has 5 heteroatoms. The second-order valence-corrected chi connectivity index (χ2v) is 6.55. The van der Waals surface area contributed by atoms with Crippen molar-refractivity contribution in [3.63, 3.8) is 0 Å². The van der Waals surface area contributed by atoms with Crippen molar-refractivity contribution in [1.29, 1.82) is 0 Å². The summed E-state index contributed by atoms with van der Waals surface area (Å²) in [5.74, 6) is 0. The van der Waals surface area contributed by atoms with E-state index in [0.717, 1.165) is 22.3 Å². The molecule has 1 aromatic rings. The summed E-state index contributed by atoms with van der Waals surface area (Å²) in [6.45, 7) is 3.42. The highest BCUT2D eigenvalue weighted by Gasteiger charge is 2.22. The molecule has 0 radical (unpaired) electrons. The van der Waals surface area contributed by atoms with E-state index in [2.05, 4.69) is 40.1 Å². The monoisotopic (exact) mass is 341 g/mol. The molecule has 1 aliphatic heterocycles. The Labute approximate surface area is 128 Å². The van der Waals surface area contributed by atoms with Crippen LogP contribution < -0.4 is 11.1 Å². The summed E-state index contributed by atoms with van der Waals surface area (Å²) in [4.78, 5) is 2.84. The van der Waals surface area contributed by atoms with E-state index in [-0.39, 0.29) is 0 Å². The van der Waals surface area contributed by atoms with Gasteiger partial charge in [0.2, 0.25) is 0 Å². The molecule has 1 fully saturated rings. The van der Waals surface area contributed by atoms with Gasteiger partial charge in [-0.05, 0) is 60.9 Å². The predicted octanol–water partition coefficient (Wildman–Crippen LogP) is 2.98. The molecule has 19 heavy (non-hydrogen) atoms. The second kappa shape index (κ2) is 6.20. The Morgan fingerprint density at radius 1 is 1.53 bits per heavy atom. The number of benzene rings is 1. The molecule has 3 N–H and O–H groups in total. The van der Waals surface area contributed by atoms with Gasteiger partial charge in [-0.25, -0.2) is 0 Å². The number of rotatable bonds is 3. The lowest BCUT2D eigenvalue weighted by molar-refractivity contribution is 0.190. The van der Waals surface area contributed by atoms with Crippen LogP contribution in [0.3, 0.4) is 0 Å². The molecule has 1 aromatic carbocycles. The lowest BCUT2D eigenvalue weighted by Gasteiger charge is -2.36. The maximum absolute atomic E-state index is 5.64. The fourth-order valence-corrected chi connectivity index (χ4v) is 3.05. The Hall–Kier alpha value is -0.650. The SMILES string of the molecule is CC1CC(Nc2ccc(C(N)=S)cc2Br)CCN1C. The first-order valence-corrected chi connectivity index (χ1v) is 7.73. The summed E-state index contributed by atoms with van der Waals surface area (Å²) >= 11 is 8.57. The number of nitrogens with two attached hydrogens (primary N) is 1. The van der Waals surface area contributed by atoms with Gasteiger partial charge in [0, 0.05) is 34.4 Å². The van der Waals surface area contributed by atoms with Crippen LogP contribution in [0.2, 0.25) is 0 Å². The van der Waals surface area contributed by atoms with Crippen molar-refractivity contribution < 1.29 is 0 Å². The van der Waals surface area contributed by atoms with Crippen molar-refractivity contribution in [2.75, 3.05) is 18.9 Å². The van der Waals surface area contributed by atoms with E-state index in [9.17, 15) is 0 Å². The quantitative estimate of drug-likeness (QED) is 0.829. The van der Waals surface area contributed by atoms with Crippen molar-refractivity contribution in [1.82, 2.24) is 4.90 Å². The third-order valence-electron chi connectivity index (χ3n) is 3.82. The number of hydrogen-bond donors (Lipinski definition) is 2. The predicted molar refractivity (Wildman–Crippen MR) is 88.8 cm³/mol. The van der Waals surface area contributed by atoms with Gasteiger partial charge in [-0.15, -0.1) is 0 Å². The number of nitrogens with one attached hydrogen (secondary N) is 1. The van der Waals surface area contributed by atoms with Crippen LogP contribution in [0.15, 0.2) is 22.7 Å². The molecule has 2 atom stereocenters. The van der Waals surface area contributed by atoms with Gasteiger partial charge < -0.3 is 16.0 Å². The highest BCUT2D eigenvalue weighted by Crippen LogP contribution is 2.27. The van der Waals surface area contributed by atoms with Crippen LogP contribution in [-0.4, -0.2) is 35.6 Å². The van der Waals surface area contributed by atoms with Gasteiger partial charge in [-0.2, -0.15) is 0 Å². The Morgan fingerprint density at radius 2 is 2.26 bits per heavy atom.